The first kappa shape index (κ1) is 16.5. The van der Waals surface area contributed by atoms with Gasteiger partial charge in [-0.2, -0.15) is 5.26 Å². The number of carbonyl (C=O) groups excluding carboxylic acids is 1. The maximum Gasteiger partial charge on any atom is 0.230 e. The Labute approximate surface area is 138 Å². The van der Waals surface area contributed by atoms with Gasteiger partial charge in [-0.25, -0.2) is 0 Å². The Hall–Kier alpha value is -1.87. The lowest BCUT2D eigenvalue weighted by Crippen LogP contribution is -2.85. The summed E-state index contributed by atoms with van der Waals surface area (Å²) in [6, 6.07) is 11.8. The van der Waals surface area contributed by atoms with E-state index in [1.54, 1.807) is 11.4 Å². The van der Waals surface area contributed by atoms with E-state index in [0.29, 0.717) is 23.5 Å². The molecular formula is C16H17ClN3OS+. The van der Waals surface area contributed by atoms with Crippen LogP contribution in [0.1, 0.15) is 30.5 Å². The Kier molecular flexibility index (Phi) is 5.96. The average molecular weight is 335 g/mol. The van der Waals surface area contributed by atoms with Crippen LogP contribution in [0, 0.1) is 11.3 Å². The Bertz CT molecular complexity index is 675. The molecule has 0 saturated heterocycles. The number of nitrogens with zero attached hydrogens (tertiary/aromatic N) is 1. The van der Waals surface area contributed by atoms with E-state index in [-0.39, 0.29) is 11.9 Å². The van der Waals surface area contributed by atoms with E-state index in [0.717, 1.165) is 5.02 Å². The number of hydrogen-bond donors (Lipinski definition) is 2. The molecule has 0 aliphatic rings. The van der Waals surface area contributed by atoms with Crippen molar-refractivity contribution in [2.75, 3.05) is 11.9 Å². The third-order valence-electron chi connectivity index (χ3n) is 3.33. The molecule has 1 aromatic carbocycles. The van der Waals surface area contributed by atoms with Gasteiger partial charge in [-0.05, 0) is 30.5 Å². The number of amides is 1. The zero-order valence-corrected chi connectivity index (χ0v) is 13.7. The summed E-state index contributed by atoms with van der Waals surface area (Å²) in [5.41, 5.74) is 1.69. The van der Waals surface area contributed by atoms with Crippen LogP contribution in [0.2, 0.25) is 5.02 Å². The largest absolute Gasteiger partial charge is 0.340 e. The lowest BCUT2D eigenvalue weighted by Gasteiger charge is -2.11. The van der Waals surface area contributed by atoms with Gasteiger partial charge >= 0.3 is 0 Å². The van der Waals surface area contributed by atoms with Gasteiger partial charge in [0, 0.05) is 10.6 Å². The molecule has 0 aliphatic heterocycles. The number of anilines is 1. The number of nitrogens with two attached hydrogens (primary N) is 1. The summed E-state index contributed by atoms with van der Waals surface area (Å²) in [6.45, 7) is 2.77. The van der Waals surface area contributed by atoms with E-state index in [1.165, 1.54) is 16.9 Å². The molecule has 3 N–H and O–H groups in total. The van der Waals surface area contributed by atoms with E-state index < -0.39 is 0 Å². The molecule has 1 heterocycles. The highest BCUT2D eigenvalue weighted by Gasteiger charge is 2.11. The molecule has 22 heavy (non-hydrogen) atoms. The first-order chi connectivity index (χ1) is 10.6. The van der Waals surface area contributed by atoms with Gasteiger partial charge in [0.05, 0.1) is 18.5 Å². The number of halogens is 1. The minimum absolute atomic E-state index is 0.0708. The Balaban J connectivity index is 1.77. The molecule has 2 aromatic rings. The summed E-state index contributed by atoms with van der Waals surface area (Å²) in [5, 5.41) is 16.9. The molecule has 0 radical (unpaired) electrons. The molecule has 6 heteroatoms. The second-order valence-corrected chi connectivity index (χ2v) is 6.29. The fourth-order valence-corrected chi connectivity index (χ4v) is 2.93. The van der Waals surface area contributed by atoms with Gasteiger partial charge in [-0.15, -0.1) is 11.3 Å². The molecule has 0 saturated carbocycles. The predicted octanol–water partition coefficient (Wildman–Crippen LogP) is 2.93. The zero-order valence-electron chi connectivity index (χ0n) is 12.2. The highest BCUT2D eigenvalue weighted by atomic mass is 35.5. The molecule has 0 fully saturated rings. The standard InChI is InChI=1S/C16H16ClN3OS/c1-11(12-2-4-14(17)5-3-12)19-8-6-15(21)20-16-13(10-18)7-9-22-16/h2-5,7,9,11,19H,6,8H2,1H3,(H,20,21)/p+1/t11-/m0/s1. The second kappa shape index (κ2) is 7.95. The van der Waals surface area contributed by atoms with Gasteiger partial charge in [0.25, 0.3) is 0 Å². The van der Waals surface area contributed by atoms with Crippen molar-refractivity contribution in [3.8, 4) is 6.07 Å². The van der Waals surface area contributed by atoms with Crippen LogP contribution in [-0.2, 0) is 4.79 Å². The van der Waals surface area contributed by atoms with E-state index >= 15 is 0 Å². The van der Waals surface area contributed by atoms with Crippen LogP contribution >= 0.6 is 22.9 Å². The van der Waals surface area contributed by atoms with Gasteiger partial charge in [0.1, 0.15) is 17.1 Å². The maximum absolute atomic E-state index is 11.9. The maximum atomic E-state index is 11.9. The summed E-state index contributed by atoms with van der Waals surface area (Å²) in [7, 11) is 0. The van der Waals surface area contributed by atoms with Crippen molar-refractivity contribution in [3.05, 3.63) is 51.9 Å². The molecule has 1 aromatic heterocycles. The van der Waals surface area contributed by atoms with Crippen molar-refractivity contribution < 1.29 is 10.1 Å². The first-order valence-electron chi connectivity index (χ1n) is 6.96. The zero-order chi connectivity index (χ0) is 15.9. The summed E-state index contributed by atoms with van der Waals surface area (Å²) < 4.78 is 0. The number of benzene rings is 1. The molecule has 0 bridgehead atoms. The van der Waals surface area contributed by atoms with Crippen molar-refractivity contribution in [2.45, 2.75) is 19.4 Å². The summed E-state index contributed by atoms with van der Waals surface area (Å²) in [4.78, 5) is 11.9. The van der Waals surface area contributed by atoms with Crippen LogP contribution in [0.15, 0.2) is 35.7 Å². The van der Waals surface area contributed by atoms with Crippen molar-refractivity contribution >= 4 is 33.8 Å². The SMILES string of the molecule is C[C@H]([NH2+]CCC(=O)Nc1sccc1C#N)c1ccc(Cl)cc1. The van der Waals surface area contributed by atoms with E-state index in [9.17, 15) is 4.79 Å². The lowest BCUT2D eigenvalue weighted by atomic mass is 10.1. The average Bonchev–Trinajstić information content (AvgIpc) is 2.95. The van der Waals surface area contributed by atoms with Crippen molar-refractivity contribution in [3.63, 3.8) is 0 Å². The smallest absolute Gasteiger partial charge is 0.230 e. The minimum atomic E-state index is -0.0708. The third kappa shape index (κ3) is 4.57. The van der Waals surface area contributed by atoms with Crippen molar-refractivity contribution in [2.24, 2.45) is 0 Å². The van der Waals surface area contributed by atoms with E-state index in [1.807, 2.05) is 24.3 Å². The van der Waals surface area contributed by atoms with Crippen LogP contribution in [0.3, 0.4) is 0 Å². The van der Waals surface area contributed by atoms with Crippen LogP contribution in [-0.4, -0.2) is 12.5 Å². The van der Waals surface area contributed by atoms with E-state index in [2.05, 4.69) is 23.6 Å². The normalized spacial score (nSPS) is 11.7. The fourth-order valence-electron chi connectivity index (χ4n) is 2.05. The molecule has 4 nitrogen and oxygen atoms in total. The van der Waals surface area contributed by atoms with Crippen molar-refractivity contribution in [1.82, 2.24) is 0 Å². The monoisotopic (exact) mass is 334 g/mol. The molecular weight excluding hydrogens is 318 g/mol. The van der Waals surface area contributed by atoms with Gasteiger partial charge in [0.2, 0.25) is 5.91 Å². The number of nitrogens with one attached hydrogen (secondary N) is 1. The van der Waals surface area contributed by atoms with E-state index in [4.69, 9.17) is 16.9 Å². The number of hydrogen-bond acceptors (Lipinski definition) is 3. The summed E-state index contributed by atoms with van der Waals surface area (Å²) >= 11 is 7.23. The van der Waals surface area contributed by atoms with Gasteiger partial charge in [0.15, 0.2) is 0 Å². The van der Waals surface area contributed by atoms with Crippen LogP contribution in [0.4, 0.5) is 5.00 Å². The Morgan fingerprint density at radius 2 is 2.14 bits per heavy atom. The summed E-state index contributed by atoms with van der Waals surface area (Å²) in [5.74, 6) is -0.0708. The molecule has 0 spiro atoms. The molecule has 1 amide bonds. The third-order valence-corrected chi connectivity index (χ3v) is 4.41. The number of carbonyl (C=O) groups is 1. The topological polar surface area (TPSA) is 69.5 Å². The van der Waals surface area contributed by atoms with Crippen LogP contribution in [0.25, 0.3) is 0 Å². The Morgan fingerprint density at radius 1 is 1.41 bits per heavy atom. The molecule has 0 aliphatic carbocycles. The molecule has 0 unspecified atom stereocenters. The highest BCUT2D eigenvalue weighted by molar-refractivity contribution is 7.14. The quantitative estimate of drug-likeness (QED) is 0.852. The number of thiophene rings is 1. The molecule has 1 atom stereocenters. The number of nitriles is 1. The minimum Gasteiger partial charge on any atom is -0.340 e. The van der Waals surface area contributed by atoms with Crippen LogP contribution in [0.5, 0.6) is 0 Å². The number of quaternary nitrogens is 1. The lowest BCUT2D eigenvalue weighted by molar-refractivity contribution is -0.691. The van der Waals surface area contributed by atoms with Crippen molar-refractivity contribution in [1.29, 1.82) is 5.26 Å². The molecule has 2 rings (SSSR count). The fraction of sp³-hybridized carbons (Fsp3) is 0.250. The van der Waals surface area contributed by atoms with Gasteiger partial charge < -0.3 is 10.6 Å². The predicted molar refractivity (Wildman–Crippen MR) is 88.9 cm³/mol. The van der Waals surface area contributed by atoms with Gasteiger partial charge in [-0.3, -0.25) is 4.79 Å². The second-order valence-electron chi connectivity index (χ2n) is 4.94. The summed E-state index contributed by atoms with van der Waals surface area (Å²) in [6.07, 6.45) is 0.403. The highest BCUT2D eigenvalue weighted by Crippen LogP contribution is 2.22. The molecule has 114 valence electrons. The Morgan fingerprint density at radius 3 is 2.82 bits per heavy atom. The van der Waals surface area contributed by atoms with Gasteiger partial charge in [-0.1, -0.05) is 23.7 Å². The first-order valence-corrected chi connectivity index (χ1v) is 8.22. The number of rotatable bonds is 6. The van der Waals surface area contributed by atoms with Crippen LogP contribution < -0.4 is 10.6 Å².